The van der Waals surface area contributed by atoms with E-state index in [1.807, 2.05) is 45.0 Å². The second-order valence-electron chi connectivity index (χ2n) is 6.87. The van der Waals surface area contributed by atoms with Gasteiger partial charge in [0.1, 0.15) is 5.75 Å². The highest BCUT2D eigenvalue weighted by Crippen LogP contribution is 2.21. The van der Waals surface area contributed by atoms with Crippen molar-refractivity contribution in [1.29, 1.82) is 0 Å². The zero-order valence-corrected chi connectivity index (χ0v) is 15.6. The smallest absolute Gasteiger partial charge is 0.119 e. The minimum absolute atomic E-state index is 0.0218. The fraction of sp³-hybridized carbons (Fsp3) is 0.455. The Morgan fingerprint density at radius 3 is 2.24 bits per heavy atom. The predicted molar refractivity (Wildman–Crippen MR) is 104 cm³/mol. The summed E-state index contributed by atoms with van der Waals surface area (Å²) in [5.74, 6) is 0.840. The molecule has 0 aliphatic carbocycles. The van der Waals surface area contributed by atoms with Crippen LogP contribution < -0.4 is 10.1 Å². The topological polar surface area (TPSA) is 41.5 Å². The molecule has 0 aromatic heterocycles. The maximum atomic E-state index is 10.5. The quantitative estimate of drug-likeness (QED) is 0.625. The fourth-order valence-electron chi connectivity index (χ4n) is 2.84. The van der Waals surface area contributed by atoms with Crippen LogP contribution in [0.1, 0.15) is 50.8 Å². The van der Waals surface area contributed by atoms with E-state index in [-0.39, 0.29) is 12.1 Å². The van der Waals surface area contributed by atoms with E-state index in [1.54, 1.807) is 0 Å². The van der Waals surface area contributed by atoms with Crippen LogP contribution in [-0.2, 0) is 6.42 Å². The molecule has 0 spiro atoms. The monoisotopic (exact) mass is 341 g/mol. The average molecular weight is 341 g/mol. The van der Waals surface area contributed by atoms with Gasteiger partial charge in [0.15, 0.2) is 0 Å². The summed E-state index contributed by atoms with van der Waals surface area (Å²) in [6.07, 6.45) is 3.01. The molecular formula is C22H31NO2. The maximum Gasteiger partial charge on any atom is 0.119 e. The third-order valence-electron chi connectivity index (χ3n) is 4.27. The Morgan fingerprint density at radius 2 is 1.60 bits per heavy atom. The fourth-order valence-corrected chi connectivity index (χ4v) is 2.84. The second kappa shape index (κ2) is 10.2. The van der Waals surface area contributed by atoms with E-state index in [0.29, 0.717) is 0 Å². The van der Waals surface area contributed by atoms with Gasteiger partial charge >= 0.3 is 0 Å². The standard InChI is InChI=1S/C22H31NO2/c1-17(2)25-21-14-12-20(13-15-21)22(24)18(3)23-16-8-7-11-19-9-5-4-6-10-19/h4-6,9-10,12-15,17-18,22-24H,7-8,11,16H2,1-3H3/t18-,22-/m1/s1. The lowest BCUT2D eigenvalue weighted by atomic mass is 10.0. The van der Waals surface area contributed by atoms with Gasteiger partial charge in [-0.3, -0.25) is 0 Å². The Hall–Kier alpha value is -1.84. The summed E-state index contributed by atoms with van der Waals surface area (Å²) < 4.78 is 5.64. The molecule has 2 rings (SSSR count). The van der Waals surface area contributed by atoms with Crippen molar-refractivity contribution in [2.75, 3.05) is 6.54 Å². The molecule has 136 valence electrons. The van der Waals surface area contributed by atoms with Gasteiger partial charge in [-0.15, -0.1) is 0 Å². The molecule has 2 atom stereocenters. The molecule has 0 unspecified atom stereocenters. The largest absolute Gasteiger partial charge is 0.491 e. The number of aryl methyl sites for hydroxylation is 1. The van der Waals surface area contributed by atoms with Crippen LogP contribution in [0.4, 0.5) is 0 Å². The molecule has 2 aromatic rings. The molecule has 25 heavy (non-hydrogen) atoms. The summed E-state index contributed by atoms with van der Waals surface area (Å²) in [5.41, 5.74) is 2.31. The first-order chi connectivity index (χ1) is 12.1. The molecule has 0 radical (unpaired) electrons. The molecular weight excluding hydrogens is 310 g/mol. The van der Waals surface area contributed by atoms with Crippen LogP contribution in [0.3, 0.4) is 0 Å². The molecule has 0 saturated heterocycles. The van der Waals surface area contributed by atoms with E-state index < -0.39 is 6.10 Å². The lowest BCUT2D eigenvalue weighted by Gasteiger charge is -2.21. The first-order valence-electron chi connectivity index (χ1n) is 9.28. The van der Waals surface area contributed by atoms with Gasteiger partial charge < -0.3 is 15.2 Å². The van der Waals surface area contributed by atoms with Gasteiger partial charge in [-0.05, 0) is 69.8 Å². The van der Waals surface area contributed by atoms with Gasteiger partial charge in [-0.1, -0.05) is 42.5 Å². The Balaban J connectivity index is 1.69. The van der Waals surface area contributed by atoms with Gasteiger partial charge in [0, 0.05) is 6.04 Å². The summed E-state index contributed by atoms with van der Waals surface area (Å²) in [5, 5.41) is 13.9. The van der Waals surface area contributed by atoms with Gasteiger partial charge in [-0.2, -0.15) is 0 Å². The van der Waals surface area contributed by atoms with Crippen LogP contribution in [0.25, 0.3) is 0 Å². The zero-order valence-electron chi connectivity index (χ0n) is 15.6. The maximum absolute atomic E-state index is 10.5. The summed E-state index contributed by atoms with van der Waals surface area (Å²) in [6, 6.07) is 18.3. The molecule has 0 heterocycles. The van der Waals surface area contributed by atoms with E-state index in [9.17, 15) is 5.11 Å². The van der Waals surface area contributed by atoms with Crippen molar-refractivity contribution in [1.82, 2.24) is 5.32 Å². The number of aliphatic hydroxyl groups is 1. The van der Waals surface area contributed by atoms with Crippen LogP contribution in [0.5, 0.6) is 5.75 Å². The highest BCUT2D eigenvalue weighted by atomic mass is 16.5. The lowest BCUT2D eigenvalue weighted by molar-refractivity contribution is 0.136. The summed E-state index contributed by atoms with van der Waals surface area (Å²) in [4.78, 5) is 0. The Kier molecular flexibility index (Phi) is 7.96. The van der Waals surface area contributed by atoms with Gasteiger partial charge in [-0.25, -0.2) is 0 Å². The molecule has 3 heteroatoms. The van der Waals surface area contributed by atoms with Crippen LogP contribution in [-0.4, -0.2) is 23.8 Å². The minimum Gasteiger partial charge on any atom is -0.491 e. The van der Waals surface area contributed by atoms with Crippen molar-refractivity contribution in [3.05, 3.63) is 65.7 Å². The number of hydrogen-bond donors (Lipinski definition) is 2. The van der Waals surface area contributed by atoms with Gasteiger partial charge in [0.05, 0.1) is 12.2 Å². The number of rotatable bonds is 10. The number of unbranched alkanes of at least 4 members (excludes halogenated alkanes) is 1. The van der Waals surface area contributed by atoms with E-state index in [1.165, 1.54) is 5.56 Å². The highest BCUT2D eigenvalue weighted by molar-refractivity contribution is 5.29. The predicted octanol–water partition coefficient (Wildman–Crippen LogP) is 4.51. The van der Waals surface area contributed by atoms with Crippen LogP contribution in [0.15, 0.2) is 54.6 Å². The zero-order chi connectivity index (χ0) is 18.1. The number of benzene rings is 2. The molecule has 0 fully saturated rings. The molecule has 0 amide bonds. The number of ether oxygens (including phenoxy) is 1. The third-order valence-corrected chi connectivity index (χ3v) is 4.27. The molecule has 3 nitrogen and oxygen atoms in total. The summed E-state index contributed by atoms with van der Waals surface area (Å²) >= 11 is 0. The van der Waals surface area contributed by atoms with Crippen molar-refractivity contribution < 1.29 is 9.84 Å². The Bertz CT molecular complexity index is 595. The highest BCUT2D eigenvalue weighted by Gasteiger charge is 2.15. The van der Waals surface area contributed by atoms with Crippen molar-refractivity contribution in [3.8, 4) is 5.75 Å². The lowest BCUT2D eigenvalue weighted by Crippen LogP contribution is -2.32. The van der Waals surface area contributed by atoms with Crippen LogP contribution >= 0.6 is 0 Å². The van der Waals surface area contributed by atoms with Crippen LogP contribution in [0, 0.1) is 0 Å². The van der Waals surface area contributed by atoms with E-state index in [2.05, 4.69) is 35.6 Å². The van der Waals surface area contributed by atoms with Crippen molar-refractivity contribution in [2.24, 2.45) is 0 Å². The summed E-state index contributed by atoms with van der Waals surface area (Å²) in [7, 11) is 0. The van der Waals surface area contributed by atoms with Gasteiger partial charge in [0.2, 0.25) is 0 Å². The SMILES string of the molecule is CC(C)Oc1ccc([C@H](O)[C@@H](C)NCCCCc2ccccc2)cc1. The Labute approximate surface area is 152 Å². The number of aliphatic hydroxyl groups excluding tert-OH is 1. The molecule has 2 N–H and O–H groups in total. The van der Waals surface area contributed by atoms with Crippen molar-refractivity contribution in [2.45, 2.75) is 58.3 Å². The van der Waals surface area contributed by atoms with E-state index in [0.717, 1.165) is 37.1 Å². The first-order valence-corrected chi connectivity index (χ1v) is 9.28. The third kappa shape index (κ3) is 6.89. The summed E-state index contributed by atoms with van der Waals surface area (Å²) in [6.45, 7) is 6.96. The normalized spacial score (nSPS) is 13.6. The molecule has 0 bridgehead atoms. The molecule has 0 aliphatic heterocycles. The number of nitrogens with one attached hydrogen (secondary N) is 1. The average Bonchev–Trinajstić information content (AvgIpc) is 2.61. The van der Waals surface area contributed by atoms with Crippen molar-refractivity contribution in [3.63, 3.8) is 0 Å². The molecule has 2 aromatic carbocycles. The first kappa shape index (κ1) is 19.5. The second-order valence-corrected chi connectivity index (χ2v) is 6.87. The Morgan fingerprint density at radius 1 is 0.920 bits per heavy atom. The van der Waals surface area contributed by atoms with Crippen LogP contribution in [0.2, 0.25) is 0 Å². The van der Waals surface area contributed by atoms with E-state index >= 15 is 0 Å². The van der Waals surface area contributed by atoms with Gasteiger partial charge in [0.25, 0.3) is 0 Å². The molecule has 0 aliphatic rings. The molecule has 0 saturated carbocycles. The minimum atomic E-state index is -0.512. The van der Waals surface area contributed by atoms with Crippen molar-refractivity contribution >= 4 is 0 Å². The number of hydrogen-bond acceptors (Lipinski definition) is 3. The van der Waals surface area contributed by atoms with E-state index in [4.69, 9.17) is 4.74 Å².